The van der Waals surface area contributed by atoms with E-state index in [1.54, 1.807) is 42.5 Å². The number of benzene rings is 3. The smallest absolute Gasteiger partial charge is 0.268 e. The largest absolute Gasteiger partial charge is 0.492 e. The molecule has 0 fully saturated rings. The van der Waals surface area contributed by atoms with E-state index in [1.807, 2.05) is 42.8 Å². The van der Waals surface area contributed by atoms with Crippen LogP contribution in [0.2, 0.25) is 0 Å². The highest BCUT2D eigenvalue weighted by molar-refractivity contribution is 7.89. The first kappa shape index (κ1) is 28.0. The minimum Gasteiger partial charge on any atom is -0.492 e. The molecule has 5 N–H and O–H groups in total. The molecule has 3 aromatic carbocycles. The van der Waals surface area contributed by atoms with Crippen LogP contribution in [0, 0.1) is 0 Å². The van der Waals surface area contributed by atoms with Gasteiger partial charge in [-0.25, -0.2) is 13.1 Å². The minimum absolute atomic E-state index is 0.136. The topological polar surface area (TPSA) is 140 Å². The van der Waals surface area contributed by atoms with Crippen molar-refractivity contribution in [2.75, 3.05) is 31.7 Å². The predicted octanol–water partition coefficient (Wildman–Crippen LogP) is 3.11. The Morgan fingerprint density at radius 2 is 1.65 bits per heavy atom. The maximum absolute atomic E-state index is 12.4. The van der Waals surface area contributed by atoms with Crippen molar-refractivity contribution in [1.82, 2.24) is 10.0 Å². The van der Waals surface area contributed by atoms with Gasteiger partial charge in [0.15, 0.2) is 0 Å². The van der Waals surface area contributed by atoms with Crippen LogP contribution in [-0.2, 0) is 10.0 Å². The summed E-state index contributed by atoms with van der Waals surface area (Å²) in [6.07, 6.45) is 0.0812. The zero-order chi connectivity index (χ0) is 27.0. The highest BCUT2D eigenvalue weighted by Gasteiger charge is 2.18. The summed E-state index contributed by atoms with van der Waals surface area (Å²) >= 11 is 0. The van der Waals surface area contributed by atoms with E-state index in [0.29, 0.717) is 36.9 Å². The summed E-state index contributed by atoms with van der Waals surface area (Å²) in [5.74, 6) is 0.233. The maximum atomic E-state index is 12.4. The van der Waals surface area contributed by atoms with Crippen LogP contribution in [0.25, 0.3) is 11.1 Å². The van der Waals surface area contributed by atoms with Gasteiger partial charge in [0.2, 0.25) is 10.0 Å². The molecular weight excluding hydrogens is 494 g/mol. The molecule has 0 aliphatic carbocycles. The number of aliphatic hydroxyl groups excluding tert-OH is 1. The highest BCUT2D eigenvalue weighted by Crippen LogP contribution is 2.29. The lowest BCUT2D eigenvalue weighted by Crippen LogP contribution is -2.30. The Kier molecular flexibility index (Phi) is 9.51. The van der Waals surface area contributed by atoms with E-state index < -0.39 is 22.0 Å². The second kappa shape index (κ2) is 12.6. The van der Waals surface area contributed by atoms with Crippen LogP contribution in [0.5, 0.6) is 11.5 Å². The van der Waals surface area contributed by atoms with Crippen LogP contribution in [0.1, 0.15) is 35.9 Å². The summed E-state index contributed by atoms with van der Waals surface area (Å²) < 4.78 is 36.5. The zero-order valence-electron chi connectivity index (χ0n) is 21.1. The van der Waals surface area contributed by atoms with Crippen molar-refractivity contribution in [3.05, 3.63) is 77.9 Å². The van der Waals surface area contributed by atoms with Gasteiger partial charge in [0.25, 0.3) is 5.91 Å². The van der Waals surface area contributed by atoms with Crippen LogP contribution < -0.4 is 25.2 Å². The van der Waals surface area contributed by atoms with Crippen molar-refractivity contribution >= 4 is 21.6 Å². The molecule has 0 heterocycles. The number of rotatable bonds is 12. The van der Waals surface area contributed by atoms with Crippen LogP contribution in [0.4, 0.5) is 5.69 Å². The van der Waals surface area contributed by atoms with E-state index in [4.69, 9.17) is 15.2 Å². The van der Waals surface area contributed by atoms with E-state index in [-0.39, 0.29) is 11.7 Å². The third kappa shape index (κ3) is 8.78. The van der Waals surface area contributed by atoms with Crippen LogP contribution in [0.15, 0.2) is 66.7 Å². The fraction of sp³-hybridized carbons (Fsp3) is 0.296. The molecule has 1 atom stereocenters. The summed E-state index contributed by atoms with van der Waals surface area (Å²) in [7, 11) is -3.70. The van der Waals surface area contributed by atoms with Crippen molar-refractivity contribution in [1.29, 1.82) is 0 Å². The molecule has 0 saturated heterocycles. The standard InChI is InChI=1S/C27H33N3O6S/c1-18(2)36-26-16-21(8-13-24(26)27(32)30-37(3,33)34)19-6-11-23(12-7-19)35-15-14-29-17-25(31)20-4-9-22(28)10-5-20/h4-13,16,18,25,29,31H,14-15,17,28H2,1-3H3,(H,30,32)/t25-/m0/s1. The number of aliphatic hydroxyl groups is 1. The van der Waals surface area contributed by atoms with E-state index in [9.17, 15) is 18.3 Å². The van der Waals surface area contributed by atoms with Gasteiger partial charge in [-0.2, -0.15) is 0 Å². The molecule has 10 heteroatoms. The normalized spacial score (nSPS) is 12.2. The number of carbonyl (C=O) groups excluding carboxylic acids is 1. The Balaban J connectivity index is 1.57. The molecular formula is C27H33N3O6S. The molecule has 0 unspecified atom stereocenters. The van der Waals surface area contributed by atoms with E-state index in [1.165, 1.54) is 0 Å². The fourth-order valence-corrected chi connectivity index (χ4v) is 3.97. The van der Waals surface area contributed by atoms with Crippen molar-refractivity contribution < 1.29 is 27.8 Å². The molecule has 0 saturated carbocycles. The average molecular weight is 528 g/mol. The molecule has 3 rings (SSSR count). The lowest BCUT2D eigenvalue weighted by Gasteiger charge is -2.16. The van der Waals surface area contributed by atoms with Gasteiger partial charge < -0.3 is 25.6 Å². The first-order valence-electron chi connectivity index (χ1n) is 11.8. The van der Waals surface area contributed by atoms with Gasteiger partial charge in [0.1, 0.15) is 18.1 Å². The molecule has 0 aliphatic heterocycles. The zero-order valence-corrected chi connectivity index (χ0v) is 21.9. The number of nitrogens with one attached hydrogen (secondary N) is 2. The Labute approximate surface area is 217 Å². The van der Waals surface area contributed by atoms with Gasteiger partial charge in [-0.3, -0.25) is 4.79 Å². The number of sulfonamides is 1. The van der Waals surface area contributed by atoms with E-state index in [0.717, 1.165) is 22.9 Å². The molecule has 198 valence electrons. The summed E-state index contributed by atoms with van der Waals surface area (Å²) in [5.41, 5.74) is 8.93. The summed E-state index contributed by atoms with van der Waals surface area (Å²) in [4.78, 5) is 12.4. The number of carbonyl (C=O) groups is 1. The van der Waals surface area contributed by atoms with Crippen molar-refractivity contribution in [3.8, 4) is 22.6 Å². The minimum atomic E-state index is -3.70. The second-order valence-corrected chi connectivity index (χ2v) is 10.6. The van der Waals surface area contributed by atoms with Crippen LogP contribution in [-0.4, -0.2) is 51.5 Å². The van der Waals surface area contributed by atoms with Crippen molar-refractivity contribution in [2.45, 2.75) is 26.1 Å². The van der Waals surface area contributed by atoms with Gasteiger partial charge in [-0.15, -0.1) is 0 Å². The number of hydrogen-bond donors (Lipinski definition) is 4. The number of anilines is 1. The maximum Gasteiger partial charge on any atom is 0.268 e. The number of ether oxygens (including phenoxy) is 2. The Hall–Kier alpha value is -3.60. The van der Waals surface area contributed by atoms with Gasteiger partial charge in [0.05, 0.1) is 24.0 Å². The fourth-order valence-electron chi connectivity index (χ4n) is 3.52. The van der Waals surface area contributed by atoms with Crippen LogP contribution >= 0.6 is 0 Å². The highest BCUT2D eigenvalue weighted by atomic mass is 32.2. The Morgan fingerprint density at radius 1 is 1.00 bits per heavy atom. The van der Waals surface area contributed by atoms with Crippen LogP contribution in [0.3, 0.4) is 0 Å². The van der Waals surface area contributed by atoms with Gasteiger partial charge in [-0.1, -0.05) is 30.3 Å². The third-order valence-electron chi connectivity index (χ3n) is 5.26. The molecule has 3 aromatic rings. The first-order valence-corrected chi connectivity index (χ1v) is 13.7. The predicted molar refractivity (Wildman–Crippen MR) is 144 cm³/mol. The molecule has 37 heavy (non-hydrogen) atoms. The summed E-state index contributed by atoms with van der Waals surface area (Å²) in [6.45, 7) is 5.02. The molecule has 0 spiro atoms. The van der Waals surface area contributed by atoms with Gasteiger partial charge in [-0.05, 0) is 66.9 Å². The van der Waals surface area contributed by atoms with Crippen molar-refractivity contribution in [2.24, 2.45) is 0 Å². The van der Waals surface area contributed by atoms with Gasteiger partial charge in [0, 0.05) is 18.8 Å². The molecule has 0 bridgehead atoms. The lowest BCUT2D eigenvalue weighted by molar-refractivity contribution is 0.0976. The quantitative estimate of drug-likeness (QED) is 0.208. The SMILES string of the molecule is CC(C)Oc1cc(-c2ccc(OCCNC[C@H](O)c3ccc(N)cc3)cc2)ccc1C(=O)NS(C)(=O)=O. The van der Waals surface area contributed by atoms with E-state index >= 15 is 0 Å². The van der Waals surface area contributed by atoms with Gasteiger partial charge >= 0.3 is 0 Å². The second-order valence-electron chi connectivity index (χ2n) is 8.84. The molecule has 9 nitrogen and oxygen atoms in total. The monoisotopic (exact) mass is 527 g/mol. The molecule has 0 aliphatic rings. The van der Waals surface area contributed by atoms with E-state index in [2.05, 4.69) is 5.32 Å². The Bertz CT molecular complexity index is 1290. The summed E-state index contributed by atoms with van der Waals surface area (Å²) in [5, 5.41) is 13.4. The number of hydrogen-bond acceptors (Lipinski definition) is 8. The average Bonchev–Trinajstić information content (AvgIpc) is 2.83. The molecule has 1 amide bonds. The molecule has 0 radical (unpaired) electrons. The third-order valence-corrected chi connectivity index (χ3v) is 5.82. The lowest BCUT2D eigenvalue weighted by atomic mass is 10.0. The number of nitrogens with two attached hydrogens (primary N) is 1. The van der Waals surface area contributed by atoms with Crippen molar-refractivity contribution in [3.63, 3.8) is 0 Å². The first-order chi connectivity index (χ1) is 17.5. The molecule has 0 aromatic heterocycles. The summed E-state index contributed by atoms with van der Waals surface area (Å²) in [6, 6.07) is 19.6. The Morgan fingerprint density at radius 3 is 2.27 bits per heavy atom. The number of nitrogen functional groups attached to an aromatic ring is 1. The number of amides is 1.